The fraction of sp³-hybridized carbons (Fsp3) is 0.292. The highest BCUT2D eigenvalue weighted by Gasteiger charge is 2.44. The summed E-state index contributed by atoms with van der Waals surface area (Å²) in [6.45, 7) is 0. The lowest BCUT2D eigenvalue weighted by atomic mass is 9.95. The molecule has 1 saturated carbocycles. The Kier molecular flexibility index (Phi) is 6.41. The largest absolute Gasteiger partial charge is 0.494 e. The topological polar surface area (TPSA) is 111 Å². The van der Waals surface area contributed by atoms with Crippen molar-refractivity contribution in [1.82, 2.24) is 30.4 Å². The molecule has 1 fully saturated rings. The van der Waals surface area contributed by atoms with E-state index < -0.39 is 12.0 Å². The second kappa shape index (κ2) is 9.79. The van der Waals surface area contributed by atoms with E-state index in [4.69, 9.17) is 9.47 Å². The standard InChI is InChI=1S/C24H24N6O4S/c1-33-19-11-7-6-10-17(19)30-24(26-27-28-30)35-14-18-20(22(31)34-2)21(15-8-4-3-5-9-15)25-23(32)29(18)16-12-13-16/h3-11,16,21H,12-14H2,1-2H3,(H,25,32). The smallest absolute Gasteiger partial charge is 0.338 e. The highest BCUT2D eigenvalue weighted by atomic mass is 32.2. The number of nitrogens with zero attached hydrogens (tertiary/aromatic N) is 5. The molecular formula is C24H24N6O4S. The summed E-state index contributed by atoms with van der Waals surface area (Å²) < 4.78 is 12.2. The second-order valence-corrected chi connectivity index (χ2v) is 9.02. The number of rotatable bonds is 8. The minimum absolute atomic E-state index is 0.0483. The van der Waals surface area contributed by atoms with Crippen LogP contribution in [0.15, 0.2) is 71.0 Å². The van der Waals surface area contributed by atoms with Crippen LogP contribution in [-0.2, 0) is 9.53 Å². The lowest BCUT2D eigenvalue weighted by molar-refractivity contribution is -0.136. The molecule has 35 heavy (non-hydrogen) atoms. The van der Waals surface area contributed by atoms with Crippen LogP contribution < -0.4 is 10.1 Å². The van der Waals surface area contributed by atoms with Gasteiger partial charge in [0.2, 0.25) is 5.16 Å². The lowest BCUT2D eigenvalue weighted by Gasteiger charge is -2.36. The Balaban J connectivity index is 1.54. The van der Waals surface area contributed by atoms with Gasteiger partial charge in [-0.2, -0.15) is 4.68 Å². The van der Waals surface area contributed by atoms with Gasteiger partial charge in [-0.05, 0) is 41.0 Å². The molecule has 0 bridgehead atoms. The maximum Gasteiger partial charge on any atom is 0.338 e. The van der Waals surface area contributed by atoms with Gasteiger partial charge in [0.25, 0.3) is 0 Å². The predicted molar refractivity (Wildman–Crippen MR) is 128 cm³/mol. The highest BCUT2D eigenvalue weighted by molar-refractivity contribution is 7.99. The first-order chi connectivity index (χ1) is 17.1. The van der Waals surface area contributed by atoms with Gasteiger partial charge in [0.15, 0.2) is 0 Å². The molecule has 2 amide bonds. The first kappa shape index (κ1) is 22.9. The van der Waals surface area contributed by atoms with Crippen LogP contribution in [-0.4, -0.2) is 63.1 Å². The van der Waals surface area contributed by atoms with Crippen molar-refractivity contribution in [3.8, 4) is 11.4 Å². The van der Waals surface area contributed by atoms with Crippen LogP contribution in [0.2, 0.25) is 0 Å². The van der Waals surface area contributed by atoms with Crippen LogP contribution in [0.5, 0.6) is 5.75 Å². The predicted octanol–water partition coefficient (Wildman–Crippen LogP) is 3.12. The maximum atomic E-state index is 13.2. The molecule has 0 spiro atoms. The van der Waals surface area contributed by atoms with Crippen LogP contribution in [0, 0.1) is 0 Å². The number of hydrogen-bond donors (Lipinski definition) is 1. The van der Waals surface area contributed by atoms with Crippen LogP contribution in [0.1, 0.15) is 24.4 Å². The van der Waals surface area contributed by atoms with Crippen LogP contribution in [0.3, 0.4) is 0 Å². The zero-order valence-corrected chi connectivity index (χ0v) is 20.1. The molecule has 2 aromatic carbocycles. The molecule has 5 rings (SSSR count). The Morgan fingerprint density at radius 2 is 1.86 bits per heavy atom. The van der Waals surface area contributed by atoms with E-state index >= 15 is 0 Å². The lowest BCUT2D eigenvalue weighted by Crippen LogP contribution is -2.50. The number of thioether (sulfide) groups is 1. The van der Waals surface area contributed by atoms with Gasteiger partial charge in [0.05, 0.1) is 25.8 Å². The monoisotopic (exact) mass is 492 g/mol. The minimum Gasteiger partial charge on any atom is -0.494 e. The van der Waals surface area contributed by atoms with Crippen molar-refractivity contribution >= 4 is 23.8 Å². The van der Waals surface area contributed by atoms with Crippen molar-refractivity contribution < 1.29 is 19.1 Å². The Morgan fingerprint density at radius 3 is 2.57 bits per heavy atom. The fourth-order valence-electron chi connectivity index (χ4n) is 4.15. The molecule has 10 nitrogen and oxygen atoms in total. The van der Waals surface area contributed by atoms with Crippen molar-refractivity contribution in [3.63, 3.8) is 0 Å². The number of para-hydroxylation sites is 2. The first-order valence-corrected chi connectivity index (χ1v) is 12.1. The number of methoxy groups -OCH3 is 2. The summed E-state index contributed by atoms with van der Waals surface area (Å²) in [5, 5.41) is 15.6. The normalized spacial score (nSPS) is 17.8. The van der Waals surface area contributed by atoms with Crippen molar-refractivity contribution in [2.75, 3.05) is 20.0 Å². The molecule has 1 N–H and O–H groups in total. The van der Waals surface area contributed by atoms with Crippen molar-refractivity contribution in [2.24, 2.45) is 0 Å². The Hall–Kier alpha value is -3.86. The van der Waals surface area contributed by atoms with E-state index in [1.54, 1.807) is 16.7 Å². The molecule has 3 aromatic rings. The number of benzene rings is 2. The summed E-state index contributed by atoms with van der Waals surface area (Å²) in [6, 6.07) is 16.0. The number of carbonyl (C=O) groups excluding carboxylic acids is 2. The summed E-state index contributed by atoms with van der Waals surface area (Å²) in [6.07, 6.45) is 1.76. The van der Waals surface area contributed by atoms with E-state index in [1.165, 1.54) is 18.9 Å². The number of urea groups is 1. The minimum atomic E-state index is -0.619. The number of aromatic nitrogens is 4. The number of tetrazole rings is 1. The van der Waals surface area contributed by atoms with Gasteiger partial charge < -0.3 is 14.8 Å². The number of ether oxygens (including phenoxy) is 2. The zero-order valence-electron chi connectivity index (χ0n) is 19.2. The highest BCUT2D eigenvalue weighted by Crippen LogP contribution is 2.40. The van der Waals surface area contributed by atoms with Gasteiger partial charge in [-0.25, -0.2) is 9.59 Å². The van der Waals surface area contributed by atoms with E-state index in [0.717, 1.165) is 18.4 Å². The van der Waals surface area contributed by atoms with Crippen LogP contribution >= 0.6 is 11.8 Å². The number of hydrogen-bond acceptors (Lipinski definition) is 8. The molecule has 1 unspecified atom stereocenters. The van der Waals surface area contributed by atoms with Gasteiger partial charge >= 0.3 is 12.0 Å². The number of esters is 1. The molecule has 1 aromatic heterocycles. The van der Waals surface area contributed by atoms with Crippen molar-refractivity contribution in [1.29, 1.82) is 0 Å². The average molecular weight is 493 g/mol. The molecular weight excluding hydrogens is 468 g/mol. The maximum absolute atomic E-state index is 13.2. The number of amides is 2. The molecule has 1 aliphatic heterocycles. The zero-order chi connectivity index (χ0) is 24.4. The van der Waals surface area contributed by atoms with Crippen molar-refractivity contribution in [2.45, 2.75) is 30.1 Å². The van der Waals surface area contributed by atoms with Gasteiger partial charge in [-0.1, -0.05) is 54.2 Å². The third kappa shape index (κ3) is 4.46. The van der Waals surface area contributed by atoms with E-state index in [1.807, 2.05) is 54.6 Å². The summed E-state index contributed by atoms with van der Waals surface area (Å²) in [4.78, 5) is 28.0. The summed E-state index contributed by atoms with van der Waals surface area (Å²) in [5.41, 5.74) is 2.51. The molecule has 1 aliphatic carbocycles. The molecule has 2 heterocycles. The van der Waals surface area contributed by atoms with Gasteiger partial charge in [-0.3, -0.25) is 4.90 Å². The van der Waals surface area contributed by atoms with Crippen LogP contribution in [0.25, 0.3) is 5.69 Å². The molecule has 1 atom stereocenters. The SMILES string of the molecule is COC(=O)C1=C(CSc2nnnn2-c2ccccc2OC)N(C2CC2)C(=O)NC1c1ccccc1. The Labute approximate surface area is 206 Å². The van der Waals surface area contributed by atoms with Crippen molar-refractivity contribution in [3.05, 3.63) is 71.4 Å². The second-order valence-electron chi connectivity index (χ2n) is 8.08. The Bertz CT molecular complexity index is 1270. The molecule has 0 saturated heterocycles. The third-order valence-electron chi connectivity index (χ3n) is 5.92. The van der Waals surface area contributed by atoms with Gasteiger partial charge in [0.1, 0.15) is 11.4 Å². The number of nitrogens with one attached hydrogen (secondary N) is 1. The first-order valence-electron chi connectivity index (χ1n) is 11.1. The van der Waals surface area contributed by atoms with E-state index in [2.05, 4.69) is 20.8 Å². The van der Waals surface area contributed by atoms with E-state index in [-0.39, 0.29) is 12.1 Å². The van der Waals surface area contributed by atoms with Gasteiger partial charge in [-0.15, -0.1) is 5.10 Å². The molecule has 2 aliphatic rings. The summed E-state index contributed by atoms with van der Waals surface area (Å²) in [7, 11) is 2.93. The van der Waals surface area contributed by atoms with E-state index in [9.17, 15) is 9.59 Å². The van der Waals surface area contributed by atoms with Gasteiger partial charge in [0, 0.05) is 17.5 Å². The molecule has 180 valence electrons. The average Bonchev–Trinajstić information content (AvgIpc) is 3.63. The molecule has 11 heteroatoms. The summed E-state index contributed by atoms with van der Waals surface area (Å²) in [5.74, 6) is 0.439. The third-order valence-corrected chi connectivity index (χ3v) is 6.85. The quantitative estimate of drug-likeness (QED) is 0.377. The fourth-order valence-corrected chi connectivity index (χ4v) is 5.06. The van der Waals surface area contributed by atoms with Crippen LogP contribution in [0.4, 0.5) is 4.79 Å². The summed E-state index contributed by atoms with van der Waals surface area (Å²) >= 11 is 1.34. The molecule has 0 radical (unpaired) electrons. The Morgan fingerprint density at radius 1 is 1.11 bits per heavy atom. The van der Waals surface area contributed by atoms with E-state index in [0.29, 0.717) is 33.6 Å². The number of carbonyl (C=O) groups is 2.